The Morgan fingerprint density at radius 1 is 1.17 bits per heavy atom. The van der Waals surface area contributed by atoms with Crippen molar-refractivity contribution in [2.24, 2.45) is 0 Å². The van der Waals surface area contributed by atoms with E-state index in [1.54, 1.807) is 4.90 Å². The Kier molecular flexibility index (Phi) is 4.27. The molecule has 1 amide bonds. The van der Waals surface area contributed by atoms with Crippen LogP contribution in [0.15, 0.2) is 35.6 Å². The first-order valence-electron chi connectivity index (χ1n) is 8.16. The van der Waals surface area contributed by atoms with Gasteiger partial charge >= 0.3 is 0 Å². The summed E-state index contributed by atoms with van der Waals surface area (Å²) >= 11 is 0. The smallest absolute Gasteiger partial charge is 0.272 e. The van der Waals surface area contributed by atoms with E-state index in [2.05, 4.69) is 6.07 Å². The second-order valence-corrected chi connectivity index (χ2v) is 6.27. The fraction of sp³-hybridized carbons (Fsp3) is 0.421. The molecule has 0 atom stereocenters. The number of anilines is 1. The van der Waals surface area contributed by atoms with E-state index in [0.29, 0.717) is 18.7 Å². The van der Waals surface area contributed by atoms with E-state index in [1.807, 2.05) is 30.3 Å². The number of carbonyl (C=O) groups is 1. The summed E-state index contributed by atoms with van der Waals surface area (Å²) in [7, 11) is 1.48. The molecule has 1 aliphatic carbocycles. The summed E-state index contributed by atoms with van der Waals surface area (Å²) < 4.78 is 5.14. The molecule has 0 N–H and O–H groups in total. The topological polar surface area (TPSA) is 77.1 Å². The zero-order chi connectivity index (χ0) is 17.2. The minimum absolute atomic E-state index is 0.0668. The molecule has 5 nitrogen and oxygen atoms in total. The number of ether oxygens (including phenoxy) is 1. The number of hydrogen-bond acceptors (Lipinski definition) is 4. The number of rotatable bonds is 3. The largest absolute Gasteiger partial charge is 0.499 e. The second-order valence-electron chi connectivity index (χ2n) is 6.27. The van der Waals surface area contributed by atoms with E-state index in [-0.39, 0.29) is 16.9 Å². The third kappa shape index (κ3) is 2.53. The summed E-state index contributed by atoms with van der Waals surface area (Å²) in [6.07, 6.45) is 4.47. The molecule has 1 heterocycles. The predicted molar refractivity (Wildman–Crippen MR) is 88.8 cm³/mol. The molecule has 1 aromatic rings. The third-order valence-corrected chi connectivity index (χ3v) is 5.06. The highest BCUT2D eigenvalue weighted by atomic mass is 16.5. The van der Waals surface area contributed by atoms with Gasteiger partial charge in [0.15, 0.2) is 5.57 Å². The molecule has 2 aliphatic rings. The SMILES string of the molecule is COC1=C(C#N)C(=O)N(c2ccc(C3(C#N)CCCC3)cc2)CC1. The van der Waals surface area contributed by atoms with E-state index in [0.717, 1.165) is 36.9 Å². The van der Waals surface area contributed by atoms with Crippen LogP contribution in [0, 0.1) is 22.7 Å². The molecule has 1 aliphatic heterocycles. The number of benzene rings is 1. The average molecular weight is 321 g/mol. The Labute approximate surface area is 141 Å². The highest BCUT2D eigenvalue weighted by Crippen LogP contribution is 2.41. The van der Waals surface area contributed by atoms with Gasteiger partial charge in [0.25, 0.3) is 5.91 Å². The van der Waals surface area contributed by atoms with Crippen LogP contribution in [0.25, 0.3) is 0 Å². The van der Waals surface area contributed by atoms with Gasteiger partial charge in [-0.3, -0.25) is 4.79 Å². The monoisotopic (exact) mass is 321 g/mol. The number of methoxy groups -OCH3 is 1. The first kappa shape index (κ1) is 16.1. The quantitative estimate of drug-likeness (QED) is 0.856. The van der Waals surface area contributed by atoms with Crippen LogP contribution in [0.1, 0.15) is 37.7 Å². The molecule has 5 heteroatoms. The van der Waals surface area contributed by atoms with Gasteiger partial charge in [-0.1, -0.05) is 25.0 Å². The number of nitrogens with zero attached hydrogens (tertiary/aromatic N) is 3. The Balaban J connectivity index is 1.87. The lowest BCUT2D eigenvalue weighted by atomic mass is 9.80. The highest BCUT2D eigenvalue weighted by molar-refractivity contribution is 6.09. The van der Waals surface area contributed by atoms with Crippen molar-refractivity contribution in [3.63, 3.8) is 0 Å². The summed E-state index contributed by atoms with van der Waals surface area (Å²) in [4.78, 5) is 14.1. The van der Waals surface area contributed by atoms with Crippen molar-refractivity contribution in [3.05, 3.63) is 41.2 Å². The molecular weight excluding hydrogens is 302 g/mol. The second kappa shape index (κ2) is 6.37. The minimum atomic E-state index is -0.384. The van der Waals surface area contributed by atoms with Gasteiger partial charge in [-0.05, 0) is 30.5 Å². The summed E-state index contributed by atoms with van der Waals surface area (Å²) in [5.74, 6) is 0.119. The van der Waals surface area contributed by atoms with Gasteiger partial charge in [0.2, 0.25) is 0 Å². The Morgan fingerprint density at radius 3 is 2.38 bits per heavy atom. The van der Waals surface area contributed by atoms with Crippen molar-refractivity contribution in [1.82, 2.24) is 0 Å². The Morgan fingerprint density at radius 2 is 1.83 bits per heavy atom. The van der Waals surface area contributed by atoms with Crippen molar-refractivity contribution < 1.29 is 9.53 Å². The van der Waals surface area contributed by atoms with Gasteiger partial charge < -0.3 is 9.64 Å². The molecule has 122 valence electrons. The van der Waals surface area contributed by atoms with E-state index in [4.69, 9.17) is 4.74 Å². The van der Waals surface area contributed by atoms with Gasteiger partial charge in [0.1, 0.15) is 11.8 Å². The first-order valence-corrected chi connectivity index (χ1v) is 8.16. The van der Waals surface area contributed by atoms with E-state index in [1.165, 1.54) is 7.11 Å². The van der Waals surface area contributed by atoms with Crippen LogP contribution in [0.5, 0.6) is 0 Å². The molecule has 0 saturated heterocycles. The fourth-order valence-electron chi connectivity index (χ4n) is 3.66. The summed E-state index contributed by atoms with van der Waals surface area (Å²) in [5.41, 5.74) is 1.45. The molecule has 0 radical (unpaired) electrons. The molecule has 0 aromatic heterocycles. The lowest BCUT2D eigenvalue weighted by Crippen LogP contribution is -2.37. The molecule has 0 bridgehead atoms. The summed E-state index contributed by atoms with van der Waals surface area (Å²) in [5, 5.41) is 18.8. The van der Waals surface area contributed by atoms with E-state index >= 15 is 0 Å². The highest BCUT2D eigenvalue weighted by Gasteiger charge is 2.36. The summed E-state index contributed by atoms with van der Waals surface area (Å²) in [6.45, 7) is 0.482. The van der Waals surface area contributed by atoms with Crippen molar-refractivity contribution in [1.29, 1.82) is 10.5 Å². The normalized spacial score (nSPS) is 19.8. The van der Waals surface area contributed by atoms with Gasteiger partial charge in [-0.2, -0.15) is 10.5 Å². The number of hydrogen-bond donors (Lipinski definition) is 0. The van der Waals surface area contributed by atoms with Crippen LogP contribution in [0.4, 0.5) is 5.69 Å². The molecule has 3 rings (SSSR count). The van der Waals surface area contributed by atoms with Crippen LogP contribution in [-0.4, -0.2) is 19.6 Å². The third-order valence-electron chi connectivity index (χ3n) is 5.06. The molecule has 1 fully saturated rings. The standard InChI is InChI=1S/C19H19N3O2/c1-24-17-8-11-22(18(23)16(17)12-20)15-6-4-14(5-7-15)19(13-21)9-2-3-10-19/h4-7H,2-3,8-11H2,1H3. The maximum absolute atomic E-state index is 12.5. The van der Waals surface area contributed by atoms with Gasteiger partial charge in [-0.15, -0.1) is 0 Å². The number of carbonyl (C=O) groups excluding carboxylic acids is 1. The van der Waals surface area contributed by atoms with Crippen molar-refractivity contribution in [2.75, 3.05) is 18.6 Å². The molecule has 1 aromatic carbocycles. The first-order chi connectivity index (χ1) is 11.6. The lowest BCUT2D eigenvalue weighted by molar-refractivity contribution is -0.115. The molecular formula is C19H19N3O2. The van der Waals surface area contributed by atoms with Crippen LogP contribution >= 0.6 is 0 Å². The van der Waals surface area contributed by atoms with Crippen molar-refractivity contribution in [3.8, 4) is 12.1 Å². The Hall–Kier alpha value is -2.79. The zero-order valence-electron chi connectivity index (χ0n) is 13.7. The maximum Gasteiger partial charge on any atom is 0.272 e. The summed E-state index contributed by atoms with van der Waals surface area (Å²) in [6, 6.07) is 12.1. The van der Waals surface area contributed by atoms with Gasteiger partial charge in [0.05, 0.1) is 18.6 Å². The minimum Gasteiger partial charge on any atom is -0.499 e. The van der Waals surface area contributed by atoms with Crippen LogP contribution in [-0.2, 0) is 14.9 Å². The Bertz CT molecular complexity index is 759. The fourth-order valence-corrected chi connectivity index (χ4v) is 3.66. The van der Waals surface area contributed by atoms with Crippen LogP contribution < -0.4 is 4.90 Å². The van der Waals surface area contributed by atoms with Gasteiger partial charge in [0, 0.05) is 18.7 Å². The van der Waals surface area contributed by atoms with Crippen molar-refractivity contribution in [2.45, 2.75) is 37.5 Å². The maximum atomic E-state index is 12.5. The number of nitriles is 2. The van der Waals surface area contributed by atoms with Crippen LogP contribution in [0.2, 0.25) is 0 Å². The molecule has 1 saturated carbocycles. The van der Waals surface area contributed by atoms with Crippen LogP contribution in [0.3, 0.4) is 0 Å². The molecule has 24 heavy (non-hydrogen) atoms. The van der Waals surface area contributed by atoms with E-state index in [9.17, 15) is 15.3 Å². The molecule has 0 unspecified atom stereocenters. The van der Waals surface area contributed by atoms with Gasteiger partial charge in [-0.25, -0.2) is 0 Å². The van der Waals surface area contributed by atoms with E-state index < -0.39 is 0 Å². The zero-order valence-corrected chi connectivity index (χ0v) is 13.7. The predicted octanol–water partition coefficient (Wildman–Crippen LogP) is 3.18. The average Bonchev–Trinajstić information content (AvgIpc) is 3.12. The van der Waals surface area contributed by atoms with Crippen molar-refractivity contribution >= 4 is 11.6 Å². The molecule has 0 spiro atoms. The lowest BCUT2D eigenvalue weighted by Gasteiger charge is -2.28. The number of amides is 1.